The van der Waals surface area contributed by atoms with Gasteiger partial charge in [-0.15, -0.1) is 0 Å². The molecule has 0 spiro atoms. The van der Waals surface area contributed by atoms with Gasteiger partial charge in [-0.2, -0.15) is 0 Å². The molecule has 3 atom stereocenters. The van der Waals surface area contributed by atoms with E-state index in [0.29, 0.717) is 25.2 Å². The van der Waals surface area contributed by atoms with Crippen molar-refractivity contribution in [1.82, 2.24) is 50.1 Å². The first kappa shape index (κ1) is 30.7. The summed E-state index contributed by atoms with van der Waals surface area (Å²) < 4.78 is 0. The standard InChI is InChI=1S/C35H36N10O4/c1-43(35(48)49)30-12-13-31(46)44-15-3-5-29(45(44)34(30)47)33-39-18-27(42-33)21-8-6-20(7-9-21)26-17-37-25-16-22(10-11-23(25)40-26)28-19-38-32(41-28)24-4-2-14-36-24/h6-11,16-19,24,29-30,36H,2-5,12-15H2,1H3,(H,38,41)(H,39,42)(H,48,49)/t24?,29-,30-/m0/s1. The van der Waals surface area contributed by atoms with Gasteiger partial charge in [0.2, 0.25) is 5.91 Å². The molecule has 3 aromatic heterocycles. The maximum Gasteiger partial charge on any atom is 0.407 e. The average molecular weight is 661 g/mol. The summed E-state index contributed by atoms with van der Waals surface area (Å²) >= 11 is 0. The summed E-state index contributed by atoms with van der Waals surface area (Å²) in [6.45, 7) is 1.42. The van der Waals surface area contributed by atoms with Gasteiger partial charge in [0.25, 0.3) is 5.91 Å². The number of nitrogens with one attached hydrogen (secondary N) is 3. The number of benzene rings is 2. The second kappa shape index (κ2) is 12.4. The van der Waals surface area contributed by atoms with Crippen molar-refractivity contribution < 1.29 is 19.5 Å². The van der Waals surface area contributed by atoms with Crippen LogP contribution in [0.15, 0.2) is 61.1 Å². The van der Waals surface area contributed by atoms with Crippen molar-refractivity contribution in [2.24, 2.45) is 0 Å². The zero-order valence-electron chi connectivity index (χ0n) is 27.0. The highest BCUT2D eigenvalue weighted by molar-refractivity contribution is 5.90. The number of carbonyl (C=O) groups excluding carboxylic acids is 2. The van der Waals surface area contributed by atoms with E-state index in [0.717, 1.165) is 74.9 Å². The number of hydrazine groups is 1. The van der Waals surface area contributed by atoms with Gasteiger partial charge in [-0.1, -0.05) is 30.3 Å². The molecule has 14 heteroatoms. The number of hydrogen-bond acceptors (Lipinski definition) is 8. The molecular weight excluding hydrogens is 624 g/mol. The van der Waals surface area contributed by atoms with E-state index in [1.807, 2.05) is 48.7 Å². The fraction of sp³-hybridized carbons (Fsp3) is 0.343. The third-order valence-corrected chi connectivity index (χ3v) is 9.84. The summed E-state index contributed by atoms with van der Waals surface area (Å²) in [5, 5.41) is 15.9. The number of aromatic amines is 2. The van der Waals surface area contributed by atoms with E-state index in [4.69, 9.17) is 9.97 Å². The Hall–Kier alpha value is -5.63. The van der Waals surface area contributed by atoms with E-state index in [2.05, 4.69) is 25.3 Å². The number of likely N-dealkylation sites (N-methyl/N-ethyl adjacent to an activating group) is 1. The van der Waals surface area contributed by atoms with Crippen LogP contribution in [0.3, 0.4) is 0 Å². The summed E-state index contributed by atoms with van der Waals surface area (Å²) in [5.41, 5.74) is 6.86. The first-order valence-electron chi connectivity index (χ1n) is 16.6. The number of H-pyrrole nitrogens is 2. The molecule has 0 radical (unpaired) electrons. The minimum atomic E-state index is -1.21. The predicted molar refractivity (Wildman–Crippen MR) is 179 cm³/mol. The average Bonchev–Trinajstić information content (AvgIpc) is 3.92. The minimum Gasteiger partial charge on any atom is -0.465 e. The number of carboxylic acid groups (broad SMARTS) is 1. The van der Waals surface area contributed by atoms with Gasteiger partial charge in [0, 0.05) is 31.1 Å². The third kappa shape index (κ3) is 5.67. The number of nitrogens with zero attached hydrogens (tertiary/aromatic N) is 7. The van der Waals surface area contributed by atoms with E-state index >= 15 is 0 Å². The molecule has 14 nitrogen and oxygen atoms in total. The molecule has 2 aromatic carbocycles. The van der Waals surface area contributed by atoms with Crippen LogP contribution in [-0.2, 0) is 9.59 Å². The predicted octanol–water partition coefficient (Wildman–Crippen LogP) is 4.68. The zero-order valence-corrected chi connectivity index (χ0v) is 27.0. The quantitative estimate of drug-likeness (QED) is 0.201. The second-order valence-electron chi connectivity index (χ2n) is 12.9. The number of fused-ring (bicyclic) bond motifs is 2. The van der Waals surface area contributed by atoms with Gasteiger partial charge < -0.3 is 20.4 Å². The topological polar surface area (TPSA) is 176 Å². The fourth-order valence-electron chi connectivity index (χ4n) is 7.13. The summed E-state index contributed by atoms with van der Waals surface area (Å²) in [6, 6.07) is 12.8. The lowest BCUT2D eigenvalue weighted by Crippen LogP contribution is -2.57. The molecule has 3 fully saturated rings. The van der Waals surface area contributed by atoms with Crippen molar-refractivity contribution in [3.8, 4) is 33.8 Å². The normalized spacial score (nSPS) is 21.2. The van der Waals surface area contributed by atoms with Crippen molar-refractivity contribution >= 4 is 28.9 Å². The smallest absolute Gasteiger partial charge is 0.407 e. The van der Waals surface area contributed by atoms with Crippen LogP contribution < -0.4 is 5.32 Å². The van der Waals surface area contributed by atoms with Gasteiger partial charge >= 0.3 is 6.09 Å². The molecule has 8 rings (SSSR count). The number of amides is 3. The first-order valence-corrected chi connectivity index (χ1v) is 16.6. The lowest BCUT2D eigenvalue weighted by Gasteiger charge is -2.43. The first-order chi connectivity index (χ1) is 23.8. The lowest BCUT2D eigenvalue weighted by molar-refractivity contribution is -0.175. The van der Waals surface area contributed by atoms with Crippen LogP contribution >= 0.6 is 0 Å². The summed E-state index contributed by atoms with van der Waals surface area (Å²) in [7, 11) is 1.37. The highest BCUT2D eigenvalue weighted by Crippen LogP contribution is 2.35. The number of hydrogen-bond donors (Lipinski definition) is 4. The highest BCUT2D eigenvalue weighted by atomic mass is 16.4. The second-order valence-corrected chi connectivity index (χ2v) is 12.9. The number of aromatic nitrogens is 6. The van der Waals surface area contributed by atoms with Gasteiger partial charge in [0.05, 0.1) is 52.7 Å². The number of carbonyl (C=O) groups is 3. The van der Waals surface area contributed by atoms with Crippen LogP contribution in [0.2, 0.25) is 0 Å². The molecule has 4 N–H and O–H groups in total. The molecule has 6 heterocycles. The van der Waals surface area contributed by atoms with Crippen LogP contribution in [0.1, 0.15) is 62.3 Å². The Bertz CT molecular complexity index is 2050. The lowest BCUT2D eigenvalue weighted by atomic mass is 10.1. The molecule has 0 bridgehead atoms. The number of imidazole rings is 2. The SMILES string of the molecule is CN(C(=O)O)[C@H]1CCC(=O)N2CCC[C@@H](c3ncc(-c4ccc(-c5cnc6cc(-c7cnc(C8CCCN8)[nH]7)ccc6n5)cc4)[nH]3)N2C1=O. The molecule has 0 aliphatic carbocycles. The summed E-state index contributed by atoms with van der Waals surface area (Å²) in [5.74, 6) is 0.905. The summed E-state index contributed by atoms with van der Waals surface area (Å²) in [6.07, 6.45) is 7.92. The molecule has 5 aromatic rings. The van der Waals surface area contributed by atoms with Crippen LogP contribution in [0, 0.1) is 0 Å². The molecule has 0 saturated carbocycles. The summed E-state index contributed by atoms with van der Waals surface area (Å²) in [4.78, 5) is 65.0. The van der Waals surface area contributed by atoms with Crippen molar-refractivity contribution in [1.29, 1.82) is 0 Å². The molecule has 3 aliphatic rings. The Balaban J connectivity index is 1.00. The minimum absolute atomic E-state index is 0.0972. The largest absolute Gasteiger partial charge is 0.465 e. The van der Waals surface area contributed by atoms with Crippen LogP contribution in [-0.4, -0.2) is 94.0 Å². The van der Waals surface area contributed by atoms with E-state index < -0.39 is 24.1 Å². The molecule has 3 aliphatic heterocycles. The highest BCUT2D eigenvalue weighted by Gasteiger charge is 2.45. The van der Waals surface area contributed by atoms with Gasteiger partial charge in [-0.3, -0.25) is 24.5 Å². The maximum absolute atomic E-state index is 13.7. The molecule has 3 saturated heterocycles. The molecular formula is C35H36N10O4. The third-order valence-electron chi connectivity index (χ3n) is 9.84. The monoisotopic (exact) mass is 660 g/mol. The van der Waals surface area contributed by atoms with Crippen molar-refractivity contribution in [3.63, 3.8) is 0 Å². The number of rotatable bonds is 6. The van der Waals surface area contributed by atoms with Gasteiger partial charge in [0.15, 0.2) is 0 Å². The Kier molecular flexibility index (Phi) is 7.79. The van der Waals surface area contributed by atoms with Crippen molar-refractivity contribution in [2.45, 2.75) is 56.7 Å². The molecule has 250 valence electrons. The Morgan fingerprint density at radius 1 is 0.857 bits per heavy atom. The fourth-order valence-corrected chi connectivity index (χ4v) is 7.13. The van der Waals surface area contributed by atoms with Gasteiger partial charge in [0.1, 0.15) is 23.7 Å². The Labute approximate surface area is 281 Å². The van der Waals surface area contributed by atoms with Crippen molar-refractivity contribution in [3.05, 3.63) is 72.7 Å². The van der Waals surface area contributed by atoms with Crippen LogP contribution in [0.5, 0.6) is 0 Å². The zero-order chi connectivity index (χ0) is 33.6. The van der Waals surface area contributed by atoms with E-state index in [9.17, 15) is 19.5 Å². The Morgan fingerprint density at radius 2 is 1.59 bits per heavy atom. The Morgan fingerprint density at radius 3 is 2.37 bits per heavy atom. The van der Waals surface area contributed by atoms with E-state index in [1.54, 1.807) is 12.4 Å². The van der Waals surface area contributed by atoms with Gasteiger partial charge in [-0.25, -0.2) is 24.8 Å². The van der Waals surface area contributed by atoms with Crippen LogP contribution in [0.4, 0.5) is 4.79 Å². The van der Waals surface area contributed by atoms with Crippen molar-refractivity contribution in [2.75, 3.05) is 20.1 Å². The van der Waals surface area contributed by atoms with E-state index in [-0.39, 0.29) is 24.8 Å². The maximum atomic E-state index is 13.7. The van der Waals surface area contributed by atoms with Gasteiger partial charge in [-0.05, 0) is 56.3 Å². The molecule has 1 unspecified atom stereocenters. The molecule has 3 amide bonds. The molecule has 49 heavy (non-hydrogen) atoms. The van der Waals surface area contributed by atoms with Crippen LogP contribution in [0.25, 0.3) is 44.8 Å². The van der Waals surface area contributed by atoms with E-state index in [1.165, 1.54) is 17.1 Å².